The molecular formula is C6H5N3S. The number of hydrogen-bond donors (Lipinski definition) is 2. The first kappa shape index (κ1) is 5.61. The lowest BCUT2D eigenvalue weighted by atomic mass is 10.4. The highest BCUT2D eigenvalue weighted by Crippen LogP contribution is 2.04. The topological polar surface area (TPSA) is 44.5 Å². The van der Waals surface area contributed by atoms with E-state index < -0.39 is 0 Å². The SMILES string of the molecule is S=c1ccc2cn[nH]c2[nH]1. The molecule has 3 nitrogen and oxygen atoms in total. The van der Waals surface area contributed by atoms with Crippen molar-refractivity contribution in [2.75, 3.05) is 0 Å². The number of hydrogen-bond acceptors (Lipinski definition) is 2. The second kappa shape index (κ2) is 1.91. The summed E-state index contributed by atoms with van der Waals surface area (Å²) < 4.78 is 0.719. The zero-order valence-corrected chi connectivity index (χ0v) is 5.90. The van der Waals surface area contributed by atoms with E-state index in [2.05, 4.69) is 15.2 Å². The number of aromatic amines is 2. The minimum Gasteiger partial charge on any atom is -0.331 e. The molecule has 0 atom stereocenters. The Morgan fingerprint density at radius 1 is 1.40 bits per heavy atom. The van der Waals surface area contributed by atoms with Crippen LogP contribution in [0, 0.1) is 4.64 Å². The number of H-pyrrole nitrogens is 2. The molecular weight excluding hydrogens is 146 g/mol. The Bertz CT molecular complexity index is 400. The molecule has 0 bridgehead atoms. The van der Waals surface area contributed by atoms with Crippen LogP contribution in [-0.4, -0.2) is 15.2 Å². The molecule has 0 spiro atoms. The maximum Gasteiger partial charge on any atom is 0.133 e. The molecule has 0 aliphatic rings. The van der Waals surface area contributed by atoms with Gasteiger partial charge in [-0.15, -0.1) is 0 Å². The van der Waals surface area contributed by atoms with Gasteiger partial charge in [-0.2, -0.15) is 5.10 Å². The molecule has 10 heavy (non-hydrogen) atoms. The zero-order chi connectivity index (χ0) is 6.97. The molecule has 0 unspecified atom stereocenters. The molecule has 0 saturated carbocycles. The minimum atomic E-state index is 0.719. The van der Waals surface area contributed by atoms with Crippen molar-refractivity contribution in [2.45, 2.75) is 0 Å². The van der Waals surface area contributed by atoms with Crippen molar-refractivity contribution in [1.82, 2.24) is 15.2 Å². The summed E-state index contributed by atoms with van der Waals surface area (Å²) in [4.78, 5) is 2.97. The molecule has 0 fully saturated rings. The van der Waals surface area contributed by atoms with E-state index in [-0.39, 0.29) is 0 Å². The van der Waals surface area contributed by atoms with E-state index in [9.17, 15) is 0 Å². The van der Waals surface area contributed by atoms with Crippen LogP contribution < -0.4 is 0 Å². The van der Waals surface area contributed by atoms with Crippen molar-refractivity contribution >= 4 is 23.3 Å². The normalized spacial score (nSPS) is 10.4. The van der Waals surface area contributed by atoms with E-state index in [1.807, 2.05) is 12.1 Å². The van der Waals surface area contributed by atoms with Crippen molar-refractivity contribution in [2.24, 2.45) is 0 Å². The van der Waals surface area contributed by atoms with Gasteiger partial charge in [0.05, 0.1) is 6.20 Å². The molecule has 2 aromatic rings. The van der Waals surface area contributed by atoms with Gasteiger partial charge in [-0.25, -0.2) is 0 Å². The summed E-state index contributed by atoms with van der Waals surface area (Å²) in [5.74, 6) is 0. The van der Waals surface area contributed by atoms with Gasteiger partial charge < -0.3 is 4.98 Å². The number of fused-ring (bicyclic) bond motifs is 1. The Labute approximate surface area is 62.1 Å². The van der Waals surface area contributed by atoms with Crippen molar-refractivity contribution in [1.29, 1.82) is 0 Å². The minimum absolute atomic E-state index is 0.719. The van der Waals surface area contributed by atoms with Crippen LogP contribution in [-0.2, 0) is 0 Å². The van der Waals surface area contributed by atoms with Crippen molar-refractivity contribution in [3.8, 4) is 0 Å². The lowest BCUT2D eigenvalue weighted by Crippen LogP contribution is -1.75. The van der Waals surface area contributed by atoms with Crippen LogP contribution in [0.5, 0.6) is 0 Å². The van der Waals surface area contributed by atoms with Gasteiger partial charge in [0, 0.05) is 5.39 Å². The van der Waals surface area contributed by atoms with Gasteiger partial charge in [-0.05, 0) is 12.1 Å². The van der Waals surface area contributed by atoms with Crippen LogP contribution in [0.25, 0.3) is 11.0 Å². The number of nitrogens with zero attached hydrogens (tertiary/aromatic N) is 1. The van der Waals surface area contributed by atoms with E-state index >= 15 is 0 Å². The van der Waals surface area contributed by atoms with Gasteiger partial charge >= 0.3 is 0 Å². The summed E-state index contributed by atoms with van der Waals surface area (Å²) in [7, 11) is 0. The molecule has 0 saturated heterocycles. The average Bonchev–Trinajstić information content (AvgIpc) is 2.33. The van der Waals surface area contributed by atoms with Gasteiger partial charge in [0.15, 0.2) is 0 Å². The summed E-state index contributed by atoms with van der Waals surface area (Å²) in [6.45, 7) is 0. The molecule has 0 amide bonds. The van der Waals surface area contributed by atoms with Gasteiger partial charge in [-0.3, -0.25) is 5.10 Å². The summed E-state index contributed by atoms with van der Waals surface area (Å²) in [6, 6.07) is 3.77. The van der Waals surface area contributed by atoms with Gasteiger partial charge in [0.2, 0.25) is 0 Å². The van der Waals surface area contributed by atoms with Crippen molar-refractivity contribution in [3.63, 3.8) is 0 Å². The van der Waals surface area contributed by atoms with Gasteiger partial charge in [0.1, 0.15) is 10.3 Å². The molecule has 0 aromatic carbocycles. The predicted molar refractivity (Wildman–Crippen MR) is 41.3 cm³/mol. The molecule has 0 radical (unpaired) electrons. The summed E-state index contributed by atoms with van der Waals surface area (Å²) in [5.41, 5.74) is 0.882. The second-order valence-corrected chi connectivity index (χ2v) is 2.46. The largest absolute Gasteiger partial charge is 0.331 e. The Hall–Kier alpha value is -1.16. The Balaban J connectivity index is 2.99. The number of aromatic nitrogens is 3. The smallest absolute Gasteiger partial charge is 0.133 e. The summed E-state index contributed by atoms with van der Waals surface area (Å²) >= 11 is 4.90. The molecule has 2 rings (SSSR count). The fraction of sp³-hybridized carbons (Fsp3) is 0. The first-order valence-corrected chi connectivity index (χ1v) is 3.29. The average molecular weight is 151 g/mol. The van der Waals surface area contributed by atoms with E-state index in [4.69, 9.17) is 12.2 Å². The lowest BCUT2D eigenvalue weighted by molar-refractivity contribution is 1.10. The van der Waals surface area contributed by atoms with Crippen LogP contribution in [0.4, 0.5) is 0 Å². The Kier molecular flexibility index (Phi) is 1.07. The Morgan fingerprint density at radius 2 is 2.30 bits per heavy atom. The van der Waals surface area contributed by atoms with E-state index in [1.54, 1.807) is 6.20 Å². The highest BCUT2D eigenvalue weighted by molar-refractivity contribution is 7.71. The molecule has 2 N–H and O–H groups in total. The molecule has 2 aromatic heterocycles. The summed E-state index contributed by atoms with van der Waals surface area (Å²) in [5, 5.41) is 7.68. The number of pyridine rings is 1. The van der Waals surface area contributed by atoms with Gasteiger partial charge in [-0.1, -0.05) is 12.2 Å². The van der Waals surface area contributed by atoms with Crippen LogP contribution in [0.15, 0.2) is 18.3 Å². The quantitative estimate of drug-likeness (QED) is 0.562. The van der Waals surface area contributed by atoms with Crippen LogP contribution in [0.2, 0.25) is 0 Å². The van der Waals surface area contributed by atoms with Crippen LogP contribution in [0.3, 0.4) is 0 Å². The van der Waals surface area contributed by atoms with E-state index in [0.717, 1.165) is 15.7 Å². The third-order valence-electron chi connectivity index (χ3n) is 1.33. The highest BCUT2D eigenvalue weighted by atomic mass is 32.1. The highest BCUT2D eigenvalue weighted by Gasteiger charge is 1.90. The number of rotatable bonds is 0. The third-order valence-corrected chi connectivity index (χ3v) is 1.57. The van der Waals surface area contributed by atoms with Crippen LogP contribution in [0.1, 0.15) is 0 Å². The second-order valence-electron chi connectivity index (χ2n) is 2.02. The molecule has 0 aliphatic carbocycles. The molecule has 0 aliphatic heterocycles. The standard InChI is InChI=1S/C6H5N3S/c10-5-2-1-4-3-7-9-6(4)8-5/h1-3H,(H2,7,8,9,10). The van der Waals surface area contributed by atoms with E-state index in [1.165, 1.54) is 0 Å². The third kappa shape index (κ3) is 0.733. The van der Waals surface area contributed by atoms with Crippen molar-refractivity contribution < 1.29 is 0 Å². The van der Waals surface area contributed by atoms with Crippen LogP contribution >= 0.6 is 12.2 Å². The van der Waals surface area contributed by atoms with Crippen molar-refractivity contribution in [3.05, 3.63) is 23.0 Å². The lowest BCUT2D eigenvalue weighted by Gasteiger charge is -1.85. The van der Waals surface area contributed by atoms with E-state index in [0.29, 0.717) is 0 Å². The fourth-order valence-electron chi connectivity index (χ4n) is 0.852. The number of nitrogens with one attached hydrogen (secondary N) is 2. The first-order chi connectivity index (χ1) is 4.86. The maximum atomic E-state index is 4.90. The first-order valence-electron chi connectivity index (χ1n) is 2.89. The summed E-state index contributed by atoms with van der Waals surface area (Å²) in [6.07, 6.45) is 1.75. The van der Waals surface area contributed by atoms with Gasteiger partial charge in [0.25, 0.3) is 0 Å². The fourth-order valence-corrected chi connectivity index (χ4v) is 1.02. The maximum absolute atomic E-state index is 4.90. The molecule has 2 heterocycles. The predicted octanol–water partition coefficient (Wildman–Crippen LogP) is 1.62. The molecule has 4 heteroatoms. The monoisotopic (exact) mass is 151 g/mol. The Morgan fingerprint density at radius 3 is 3.20 bits per heavy atom. The molecule has 50 valence electrons. The zero-order valence-electron chi connectivity index (χ0n) is 5.09.